The Labute approximate surface area is 113 Å². The fourth-order valence-electron chi connectivity index (χ4n) is 2.17. The van der Waals surface area contributed by atoms with Crippen molar-refractivity contribution in [2.24, 2.45) is 5.41 Å². The molecule has 98 valence electrons. The monoisotopic (exact) mass is 264 g/mol. The molecule has 0 aliphatic heterocycles. The van der Waals surface area contributed by atoms with E-state index in [1.807, 2.05) is 11.8 Å². The van der Waals surface area contributed by atoms with Crippen LogP contribution in [0.4, 0.5) is 0 Å². The Morgan fingerprint density at radius 2 is 1.94 bits per heavy atom. The summed E-state index contributed by atoms with van der Waals surface area (Å²) < 4.78 is 4.88. The van der Waals surface area contributed by atoms with Gasteiger partial charge >= 0.3 is 5.97 Å². The minimum Gasteiger partial charge on any atom is -0.469 e. The van der Waals surface area contributed by atoms with Gasteiger partial charge in [-0.1, -0.05) is 26.0 Å². The molecule has 0 amide bonds. The second kappa shape index (κ2) is 5.35. The first-order chi connectivity index (χ1) is 8.55. The van der Waals surface area contributed by atoms with Gasteiger partial charge in [-0.3, -0.25) is 4.79 Å². The predicted octanol–water partition coefficient (Wildman–Crippen LogP) is 3.68. The minimum atomic E-state index is -0.221. The summed E-state index contributed by atoms with van der Waals surface area (Å²) in [5.74, 6) is -0.0527. The van der Waals surface area contributed by atoms with E-state index in [2.05, 4.69) is 38.1 Å². The molecule has 1 aliphatic carbocycles. The van der Waals surface area contributed by atoms with E-state index in [0.29, 0.717) is 5.25 Å². The van der Waals surface area contributed by atoms with Crippen LogP contribution in [0.5, 0.6) is 0 Å². The molecule has 0 radical (unpaired) electrons. The third kappa shape index (κ3) is 3.08. The highest BCUT2D eigenvalue weighted by Crippen LogP contribution is 2.49. The van der Waals surface area contributed by atoms with Gasteiger partial charge in [0.1, 0.15) is 0 Å². The van der Waals surface area contributed by atoms with E-state index in [0.717, 1.165) is 19.3 Å². The van der Waals surface area contributed by atoms with E-state index in [9.17, 15) is 4.79 Å². The summed E-state index contributed by atoms with van der Waals surface area (Å²) in [5.41, 5.74) is 1.01. The molecule has 2 nitrogen and oxygen atoms in total. The summed E-state index contributed by atoms with van der Waals surface area (Å²) in [4.78, 5) is 13.0. The SMILES string of the molecule is COC(=O)C1(Cc2ccc(SC(C)C)cc2)CC1. The molecule has 18 heavy (non-hydrogen) atoms. The van der Waals surface area contributed by atoms with Crippen LogP contribution in [0.15, 0.2) is 29.2 Å². The molecule has 1 aromatic rings. The maximum atomic E-state index is 11.7. The van der Waals surface area contributed by atoms with Gasteiger partial charge < -0.3 is 4.74 Å². The maximum absolute atomic E-state index is 11.7. The van der Waals surface area contributed by atoms with Gasteiger partial charge in [-0.25, -0.2) is 0 Å². The van der Waals surface area contributed by atoms with Crippen LogP contribution in [0.3, 0.4) is 0 Å². The van der Waals surface area contributed by atoms with Crippen molar-refractivity contribution in [3.63, 3.8) is 0 Å². The molecule has 1 saturated carbocycles. The molecule has 0 aromatic heterocycles. The lowest BCUT2D eigenvalue weighted by atomic mass is 9.97. The fourth-order valence-corrected chi connectivity index (χ4v) is 3.01. The molecular formula is C15H20O2S. The molecule has 0 atom stereocenters. The Bertz CT molecular complexity index is 419. The molecule has 0 bridgehead atoms. The Morgan fingerprint density at radius 1 is 1.33 bits per heavy atom. The third-order valence-electron chi connectivity index (χ3n) is 3.31. The number of rotatable bonds is 5. The van der Waals surface area contributed by atoms with Crippen LogP contribution in [0, 0.1) is 5.41 Å². The first-order valence-corrected chi connectivity index (χ1v) is 7.28. The molecule has 3 heteroatoms. The molecule has 0 unspecified atom stereocenters. The summed E-state index contributed by atoms with van der Waals surface area (Å²) in [6.07, 6.45) is 2.73. The number of benzene rings is 1. The first kappa shape index (κ1) is 13.5. The second-order valence-corrected chi connectivity index (χ2v) is 6.91. The van der Waals surface area contributed by atoms with Gasteiger partial charge in [-0.05, 0) is 37.0 Å². The number of carbonyl (C=O) groups excluding carboxylic acids is 1. The van der Waals surface area contributed by atoms with E-state index in [4.69, 9.17) is 4.74 Å². The van der Waals surface area contributed by atoms with E-state index in [1.165, 1.54) is 17.6 Å². The number of methoxy groups -OCH3 is 1. The average Bonchev–Trinajstić information content (AvgIpc) is 3.11. The van der Waals surface area contributed by atoms with Gasteiger partial charge in [0, 0.05) is 10.1 Å². The predicted molar refractivity (Wildman–Crippen MR) is 74.8 cm³/mol. The zero-order valence-electron chi connectivity index (χ0n) is 11.2. The van der Waals surface area contributed by atoms with Crippen LogP contribution in [-0.2, 0) is 16.0 Å². The number of hydrogen-bond donors (Lipinski definition) is 0. The van der Waals surface area contributed by atoms with Crippen molar-refractivity contribution in [1.29, 1.82) is 0 Å². The zero-order valence-corrected chi connectivity index (χ0v) is 12.0. The Kier molecular flexibility index (Phi) is 4.00. The van der Waals surface area contributed by atoms with Gasteiger partial charge in [0.2, 0.25) is 0 Å². The van der Waals surface area contributed by atoms with E-state index in [1.54, 1.807) is 0 Å². The largest absolute Gasteiger partial charge is 0.469 e. The van der Waals surface area contributed by atoms with Crippen molar-refractivity contribution in [2.45, 2.75) is 43.3 Å². The number of carbonyl (C=O) groups is 1. The fraction of sp³-hybridized carbons (Fsp3) is 0.533. The molecular weight excluding hydrogens is 244 g/mol. The molecule has 0 heterocycles. The van der Waals surface area contributed by atoms with Gasteiger partial charge in [0.15, 0.2) is 0 Å². The van der Waals surface area contributed by atoms with Crippen molar-refractivity contribution < 1.29 is 9.53 Å². The van der Waals surface area contributed by atoms with Crippen molar-refractivity contribution in [1.82, 2.24) is 0 Å². The smallest absolute Gasteiger partial charge is 0.312 e. The first-order valence-electron chi connectivity index (χ1n) is 6.40. The minimum absolute atomic E-state index is 0.0527. The topological polar surface area (TPSA) is 26.3 Å². The Hall–Kier alpha value is -0.960. The Balaban J connectivity index is 2.00. The lowest BCUT2D eigenvalue weighted by Crippen LogP contribution is -2.19. The average molecular weight is 264 g/mol. The highest BCUT2D eigenvalue weighted by molar-refractivity contribution is 7.99. The number of ether oxygens (including phenoxy) is 1. The van der Waals surface area contributed by atoms with Gasteiger partial charge in [0.05, 0.1) is 12.5 Å². The number of thioether (sulfide) groups is 1. The van der Waals surface area contributed by atoms with Crippen LogP contribution in [0.25, 0.3) is 0 Å². The molecule has 1 aromatic carbocycles. The summed E-state index contributed by atoms with van der Waals surface area (Å²) in [7, 11) is 1.48. The van der Waals surface area contributed by atoms with Crippen LogP contribution < -0.4 is 0 Å². The summed E-state index contributed by atoms with van der Waals surface area (Å²) in [6, 6.07) is 8.56. The third-order valence-corrected chi connectivity index (χ3v) is 4.33. The van der Waals surface area contributed by atoms with Crippen LogP contribution in [-0.4, -0.2) is 18.3 Å². The van der Waals surface area contributed by atoms with Gasteiger partial charge in [-0.15, -0.1) is 11.8 Å². The molecule has 0 saturated heterocycles. The second-order valence-electron chi connectivity index (χ2n) is 5.26. The van der Waals surface area contributed by atoms with E-state index >= 15 is 0 Å². The van der Waals surface area contributed by atoms with Gasteiger partial charge in [-0.2, -0.15) is 0 Å². The standard InChI is InChI=1S/C15H20O2S/c1-11(2)18-13-6-4-12(5-7-13)10-15(8-9-15)14(16)17-3/h4-7,11H,8-10H2,1-3H3. The summed E-state index contributed by atoms with van der Waals surface area (Å²) in [5, 5.41) is 0.598. The lowest BCUT2D eigenvalue weighted by Gasteiger charge is -2.13. The van der Waals surface area contributed by atoms with E-state index < -0.39 is 0 Å². The zero-order chi connectivity index (χ0) is 13.2. The molecule has 0 spiro atoms. The highest BCUT2D eigenvalue weighted by atomic mass is 32.2. The molecule has 0 N–H and O–H groups in total. The quantitative estimate of drug-likeness (QED) is 0.599. The molecule has 1 aliphatic rings. The number of esters is 1. The van der Waals surface area contributed by atoms with Crippen molar-refractivity contribution >= 4 is 17.7 Å². The van der Waals surface area contributed by atoms with Crippen molar-refractivity contribution in [2.75, 3.05) is 7.11 Å². The van der Waals surface area contributed by atoms with Crippen molar-refractivity contribution in [3.8, 4) is 0 Å². The highest BCUT2D eigenvalue weighted by Gasteiger charge is 2.50. The summed E-state index contributed by atoms with van der Waals surface area (Å²) in [6.45, 7) is 4.38. The lowest BCUT2D eigenvalue weighted by molar-refractivity contribution is -0.147. The van der Waals surface area contributed by atoms with E-state index in [-0.39, 0.29) is 11.4 Å². The van der Waals surface area contributed by atoms with Gasteiger partial charge in [0.25, 0.3) is 0 Å². The Morgan fingerprint density at radius 3 is 2.39 bits per heavy atom. The maximum Gasteiger partial charge on any atom is 0.312 e. The van der Waals surface area contributed by atoms with Crippen molar-refractivity contribution in [3.05, 3.63) is 29.8 Å². The van der Waals surface area contributed by atoms with Crippen LogP contribution in [0.2, 0.25) is 0 Å². The van der Waals surface area contributed by atoms with Crippen LogP contribution >= 0.6 is 11.8 Å². The van der Waals surface area contributed by atoms with Crippen LogP contribution in [0.1, 0.15) is 32.3 Å². The summed E-state index contributed by atoms with van der Waals surface area (Å²) >= 11 is 1.86. The normalized spacial score (nSPS) is 16.7. The number of hydrogen-bond acceptors (Lipinski definition) is 3. The molecule has 1 fully saturated rings. The molecule has 2 rings (SSSR count).